The third-order valence-electron chi connectivity index (χ3n) is 3.11. The lowest BCUT2D eigenvalue weighted by Crippen LogP contribution is -2.32. The number of nitrogens with zero attached hydrogens (tertiary/aromatic N) is 1. The Labute approximate surface area is 107 Å². The molecule has 0 aliphatic carbocycles. The fourth-order valence-corrected chi connectivity index (χ4v) is 2.15. The van der Waals surface area contributed by atoms with Gasteiger partial charge in [-0.15, -0.1) is 0 Å². The molecule has 1 aliphatic heterocycles. The topological polar surface area (TPSA) is 49.4 Å². The molecule has 1 aliphatic rings. The average Bonchev–Trinajstić information content (AvgIpc) is 2.59. The summed E-state index contributed by atoms with van der Waals surface area (Å²) in [6.07, 6.45) is 0.790. The van der Waals surface area contributed by atoms with Crippen LogP contribution in [-0.4, -0.2) is 36.3 Å². The maximum atomic E-state index is 12.1. The molecule has 0 bridgehead atoms. The van der Waals surface area contributed by atoms with Crippen LogP contribution in [0.3, 0.4) is 0 Å². The minimum absolute atomic E-state index is 0.157. The van der Waals surface area contributed by atoms with Gasteiger partial charge >= 0.3 is 0 Å². The normalized spacial score (nSPS) is 14.2. The lowest BCUT2D eigenvalue weighted by molar-refractivity contribution is 0.0653. The van der Waals surface area contributed by atoms with Crippen molar-refractivity contribution in [2.24, 2.45) is 0 Å². The second kappa shape index (κ2) is 5.31. The van der Waals surface area contributed by atoms with Crippen molar-refractivity contribution in [1.29, 1.82) is 0 Å². The van der Waals surface area contributed by atoms with E-state index in [1.165, 1.54) is 4.90 Å². The fourth-order valence-electron chi connectivity index (χ4n) is 2.15. The van der Waals surface area contributed by atoms with E-state index in [1.54, 1.807) is 12.1 Å². The molecule has 0 saturated heterocycles. The van der Waals surface area contributed by atoms with Crippen LogP contribution >= 0.6 is 0 Å². The van der Waals surface area contributed by atoms with Gasteiger partial charge in [-0.3, -0.25) is 14.5 Å². The van der Waals surface area contributed by atoms with Gasteiger partial charge in [0.25, 0.3) is 11.8 Å². The molecule has 1 aromatic carbocycles. The van der Waals surface area contributed by atoms with Crippen molar-refractivity contribution < 1.29 is 9.59 Å². The highest BCUT2D eigenvalue weighted by Crippen LogP contribution is 2.23. The van der Waals surface area contributed by atoms with Crippen LogP contribution in [0.25, 0.3) is 0 Å². The van der Waals surface area contributed by atoms with Gasteiger partial charge in [-0.25, -0.2) is 0 Å². The number of fused-ring (bicyclic) bond motifs is 1. The first-order chi connectivity index (χ1) is 8.65. The van der Waals surface area contributed by atoms with Crippen molar-refractivity contribution >= 4 is 11.8 Å². The van der Waals surface area contributed by atoms with Crippen LogP contribution in [0.5, 0.6) is 0 Å². The molecule has 1 N–H and O–H groups in total. The van der Waals surface area contributed by atoms with E-state index < -0.39 is 0 Å². The molecule has 0 radical (unpaired) electrons. The average molecular weight is 246 g/mol. The molecule has 0 unspecified atom stereocenters. The van der Waals surface area contributed by atoms with Gasteiger partial charge in [0, 0.05) is 6.54 Å². The van der Waals surface area contributed by atoms with Crippen LogP contribution in [0.1, 0.15) is 39.6 Å². The minimum atomic E-state index is -0.161. The monoisotopic (exact) mass is 246 g/mol. The highest BCUT2D eigenvalue weighted by atomic mass is 16.2. The molecule has 0 saturated carbocycles. The van der Waals surface area contributed by atoms with Crippen molar-refractivity contribution in [2.75, 3.05) is 19.6 Å². The second-order valence-electron chi connectivity index (χ2n) is 4.52. The van der Waals surface area contributed by atoms with Crippen LogP contribution in [0, 0.1) is 6.92 Å². The van der Waals surface area contributed by atoms with Gasteiger partial charge in [-0.1, -0.05) is 18.6 Å². The van der Waals surface area contributed by atoms with Gasteiger partial charge in [0.05, 0.1) is 11.1 Å². The Bertz CT molecular complexity index is 483. The summed E-state index contributed by atoms with van der Waals surface area (Å²) in [6, 6.07) is 5.40. The third-order valence-corrected chi connectivity index (χ3v) is 3.11. The molecule has 0 atom stereocenters. The Morgan fingerprint density at radius 2 is 1.89 bits per heavy atom. The van der Waals surface area contributed by atoms with Gasteiger partial charge in [0.15, 0.2) is 0 Å². The number of rotatable bonds is 5. The Kier molecular flexibility index (Phi) is 3.77. The first-order valence-electron chi connectivity index (χ1n) is 6.32. The van der Waals surface area contributed by atoms with Gasteiger partial charge in [0.1, 0.15) is 0 Å². The molecule has 0 spiro atoms. The fraction of sp³-hybridized carbons (Fsp3) is 0.429. The molecule has 2 rings (SSSR count). The van der Waals surface area contributed by atoms with E-state index in [-0.39, 0.29) is 11.8 Å². The van der Waals surface area contributed by atoms with Gasteiger partial charge < -0.3 is 5.32 Å². The van der Waals surface area contributed by atoms with E-state index in [1.807, 2.05) is 19.9 Å². The van der Waals surface area contributed by atoms with Crippen molar-refractivity contribution in [3.05, 3.63) is 34.9 Å². The van der Waals surface area contributed by atoms with Crippen LogP contribution in [0.2, 0.25) is 0 Å². The zero-order valence-corrected chi connectivity index (χ0v) is 10.8. The van der Waals surface area contributed by atoms with Crippen molar-refractivity contribution in [3.8, 4) is 0 Å². The van der Waals surface area contributed by atoms with Crippen LogP contribution in [0.4, 0.5) is 0 Å². The second-order valence-corrected chi connectivity index (χ2v) is 4.52. The van der Waals surface area contributed by atoms with Crippen LogP contribution < -0.4 is 5.32 Å². The van der Waals surface area contributed by atoms with E-state index in [4.69, 9.17) is 0 Å². The predicted molar refractivity (Wildman–Crippen MR) is 69.7 cm³/mol. The smallest absolute Gasteiger partial charge is 0.261 e. The van der Waals surface area contributed by atoms with Gasteiger partial charge in [-0.2, -0.15) is 0 Å². The highest BCUT2D eigenvalue weighted by Gasteiger charge is 2.34. The molecular formula is C14H18N2O2. The van der Waals surface area contributed by atoms with E-state index in [0.717, 1.165) is 25.1 Å². The molecule has 4 heteroatoms. The molecule has 18 heavy (non-hydrogen) atoms. The Hall–Kier alpha value is -1.68. The minimum Gasteiger partial charge on any atom is -0.317 e. The van der Waals surface area contributed by atoms with Crippen molar-refractivity contribution in [1.82, 2.24) is 10.2 Å². The summed E-state index contributed by atoms with van der Waals surface area (Å²) in [5.41, 5.74) is 2.09. The predicted octanol–water partition coefficient (Wildman–Crippen LogP) is 1.59. The first-order valence-corrected chi connectivity index (χ1v) is 6.32. The highest BCUT2D eigenvalue weighted by molar-refractivity contribution is 6.21. The van der Waals surface area contributed by atoms with E-state index in [9.17, 15) is 9.59 Å². The number of benzene rings is 1. The third kappa shape index (κ3) is 2.29. The molecule has 96 valence electrons. The molecular weight excluding hydrogens is 228 g/mol. The molecule has 1 aromatic rings. The number of carbonyl (C=O) groups is 2. The maximum absolute atomic E-state index is 12.1. The van der Waals surface area contributed by atoms with Crippen molar-refractivity contribution in [2.45, 2.75) is 20.3 Å². The number of hydrogen-bond donors (Lipinski definition) is 1. The molecule has 4 nitrogen and oxygen atoms in total. The largest absolute Gasteiger partial charge is 0.317 e. The quantitative estimate of drug-likeness (QED) is 0.634. The Morgan fingerprint density at radius 1 is 1.17 bits per heavy atom. The standard InChI is InChI=1S/C14H18N2O2/c1-3-15-7-4-8-16-13(17)11-6-5-10(2)9-12(11)14(16)18/h5-6,9,15H,3-4,7-8H2,1-2H3. The maximum Gasteiger partial charge on any atom is 0.261 e. The summed E-state index contributed by atoms with van der Waals surface area (Å²) in [5.74, 6) is -0.318. The first kappa shape index (κ1) is 12.8. The Balaban J connectivity index is 2.08. The van der Waals surface area contributed by atoms with Crippen LogP contribution in [-0.2, 0) is 0 Å². The zero-order chi connectivity index (χ0) is 13.1. The number of aryl methyl sites for hydroxylation is 1. The summed E-state index contributed by atoms with van der Waals surface area (Å²) in [5, 5.41) is 3.18. The van der Waals surface area contributed by atoms with E-state index >= 15 is 0 Å². The van der Waals surface area contributed by atoms with E-state index in [2.05, 4.69) is 5.32 Å². The number of imide groups is 1. The lowest BCUT2D eigenvalue weighted by Gasteiger charge is -2.13. The Morgan fingerprint density at radius 3 is 2.61 bits per heavy atom. The summed E-state index contributed by atoms with van der Waals surface area (Å²) in [4.78, 5) is 25.5. The number of carbonyl (C=O) groups excluding carboxylic acids is 2. The lowest BCUT2D eigenvalue weighted by atomic mass is 10.1. The van der Waals surface area contributed by atoms with E-state index in [0.29, 0.717) is 17.7 Å². The number of hydrogen-bond acceptors (Lipinski definition) is 3. The summed E-state index contributed by atoms with van der Waals surface area (Å²) >= 11 is 0. The summed E-state index contributed by atoms with van der Waals surface area (Å²) in [7, 11) is 0. The molecule has 2 amide bonds. The summed E-state index contributed by atoms with van der Waals surface area (Å²) < 4.78 is 0. The molecule has 1 heterocycles. The summed E-state index contributed by atoms with van der Waals surface area (Å²) in [6.45, 7) is 6.17. The molecule has 0 aromatic heterocycles. The van der Waals surface area contributed by atoms with Gasteiger partial charge in [-0.05, 0) is 38.6 Å². The number of amides is 2. The van der Waals surface area contributed by atoms with Gasteiger partial charge in [0.2, 0.25) is 0 Å². The molecule has 0 fully saturated rings. The number of nitrogens with one attached hydrogen (secondary N) is 1. The zero-order valence-electron chi connectivity index (χ0n) is 10.8. The SMILES string of the molecule is CCNCCCN1C(=O)c2ccc(C)cc2C1=O. The van der Waals surface area contributed by atoms with Crippen molar-refractivity contribution in [3.63, 3.8) is 0 Å². The van der Waals surface area contributed by atoms with Crippen LogP contribution in [0.15, 0.2) is 18.2 Å².